The highest BCUT2D eigenvalue weighted by atomic mass is 16.7. The van der Waals surface area contributed by atoms with Gasteiger partial charge in [-0.15, -0.1) is 0 Å². The Balaban J connectivity index is 1.55. The molecule has 0 radical (unpaired) electrons. The van der Waals surface area contributed by atoms with E-state index in [9.17, 15) is 4.79 Å². The third kappa shape index (κ3) is 3.22. The van der Waals surface area contributed by atoms with Crippen LogP contribution in [-0.4, -0.2) is 22.5 Å². The van der Waals surface area contributed by atoms with Crippen molar-refractivity contribution >= 4 is 12.0 Å². The van der Waals surface area contributed by atoms with Crippen LogP contribution in [0.15, 0.2) is 36.7 Å². The van der Waals surface area contributed by atoms with E-state index in [0.717, 1.165) is 16.9 Å². The van der Waals surface area contributed by atoms with Crippen LogP contribution < -0.4 is 14.8 Å². The summed E-state index contributed by atoms with van der Waals surface area (Å²) < 4.78 is 12.2. The van der Waals surface area contributed by atoms with Crippen molar-refractivity contribution in [2.24, 2.45) is 7.05 Å². The van der Waals surface area contributed by atoms with Gasteiger partial charge >= 0.3 is 0 Å². The van der Waals surface area contributed by atoms with Gasteiger partial charge in [0.1, 0.15) is 0 Å². The summed E-state index contributed by atoms with van der Waals surface area (Å²) in [6.45, 7) is 0.686. The van der Waals surface area contributed by atoms with Crippen molar-refractivity contribution in [1.29, 1.82) is 0 Å². The van der Waals surface area contributed by atoms with Gasteiger partial charge in [-0.25, -0.2) is 0 Å². The maximum atomic E-state index is 11.7. The van der Waals surface area contributed by atoms with Crippen molar-refractivity contribution in [2.75, 3.05) is 6.79 Å². The molecule has 0 fully saturated rings. The second-order valence-corrected chi connectivity index (χ2v) is 4.69. The topological polar surface area (TPSA) is 65.4 Å². The first kappa shape index (κ1) is 13.2. The first-order chi connectivity index (χ1) is 10.2. The number of benzene rings is 1. The smallest absolute Gasteiger partial charge is 0.244 e. The Morgan fingerprint density at radius 3 is 3.10 bits per heavy atom. The molecule has 21 heavy (non-hydrogen) atoms. The molecule has 6 heteroatoms. The van der Waals surface area contributed by atoms with Crippen LogP contribution in [0.2, 0.25) is 0 Å². The highest BCUT2D eigenvalue weighted by Crippen LogP contribution is 2.32. The molecule has 0 spiro atoms. The molecule has 1 aliphatic heterocycles. The van der Waals surface area contributed by atoms with E-state index in [1.54, 1.807) is 17.0 Å². The Kier molecular flexibility index (Phi) is 3.59. The normalized spacial score (nSPS) is 12.8. The van der Waals surface area contributed by atoms with Gasteiger partial charge in [0.2, 0.25) is 12.7 Å². The number of nitrogens with one attached hydrogen (secondary N) is 1. The SMILES string of the molecule is Cn1cc(/C=C\C(=O)NCc2ccc3c(c2)OCO3)cn1. The van der Waals surface area contributed by atoms with Gasteiger partial charge in [-0.05, 0) is 23.8 Å². The molecule has 0 aliphatic carbocycles. The molecule has 6 nitrogen and oxygen atoms in total. The zero-order chi connectivity index (χ0) is 14.7. The number of fused-ring (bicyclic) bond motifs is 1. The molecule has 3 rings (SSSR count). The summed E-state index contributed by atoms with van der Waals surface area (Å²) in [5, 5.41) is 6.85. The minimum atomic E-state index is -0.156. The largest absolute Gasteiger partial charge is 0.454 e. The lowest BCUT2D eigenvalue weighted by molar-refractivity contribution is -0.116. The third-order valence-corrected chi connectivity index (χ3v) is 3.06. The van der Waals surface area contributed by atoms with Crippen LogP contribution >= 0.6 is 0 Å². The van der Waals surface area contributed by atoms with Crippen LogP contribution in [0.3, 0.4) is 0 Å². The average molecular weight is 285 g/mol. The molecule has 0 bridgehead atoms. The van der Waals surface area contributed by atoms with Crippen LogP contribution in [0.4, 0.5) is 0 Å². The van der Waals surface area contributed by atoms with E-state index >= 15 is 0 Å². The Labute approximate surface area is 122 Å². The Morgan fingerprint density at radius 1 is 1.43 bits per heavy atom. The van der Waals surface area contributed by atoms with Crippen LogP contribution in [0.1, 0.15) is 11.1 Å². The van der Waals surface area contributed by atoms with Crippen molar-refractivity contribution in [3.8, 4) is 11.5 Å². The minimum absolute atomic E-state index is 0.156. The quantitative estimate of drug-likeness (QED) is 0.864. The average Bonchev–Trinajstić information content (AvgIpc) is 3.10. The molecule has 1 aromatic heterocycles. The van der Waals surface area contributed by atoms with Gasteiger partial charge in [-0.2, -0.15) is 5.10 Å². The van der Waals surface area contributed by atoms with E-state index in [4.69, 9.17) is 9.47 Å². The van der Waals surface area contributed by atoms with E-state index in [-0.39, 0.29) is 12.7 Å². The zero-order valence-electron chi connectivity index (χ0n) is 11.6. The lowest BCUT2D eigenvalue weighted by atomic mass is 10.2. The highest BCUT2D eigenvalue weighted by molar-refractivity contribution is 5.91. The molecular weight excluding hydrogens is 270 g/mol. The van der Waals surface area contributed by atoms with Gasteiger partial charge in [0, 0.05) is 31.4 Å². The summed E-state index contributed by atoms with van der Waals surface area (Å²) in [4.78, 5) is 11.7. The fourth-order valence-corrected chi connectivity index (χ4v) is 2.00. The number of hydrogen-bond donors (Lipinski definition) is 1. The maximum absolute atomic E-state index is 11.7. The standard InChI is InChI=1S/C15H15N3O3/c1-18-9-12(8-17-18)3-5-15(19)16-7-11-2-4-13-14(6-11)21-10-20-13/h2-6,8-9H,7,10H2,1H3,(H,16,19)/b5-3-. The van der Waals surface area contributed by atoms with Crippen molar-refractivity contribution in [3.05, 3.63) is 47.8 Å². The number of carbonyl (C=O) groups is 1. The van der Waals surface area contributed by atoms with E-state index < -0.39 is 0 Å². The lowest BCUT2D eigenvalue weighted by Gasteiger charge is -2.03. The molecule has 2 aromatic rings. The molecule has 0 atom stereocenters. The number of aromatic nitrogens is 2. The summed E-state index contributed by atoms with van der Waals surface area (Å²) in [5.41, 5.74) is 1.85. The summed E-state index contributed by atoms with van der Waals surface area (Å²) in [6.07, 6.45) is 6.75. The number of nitrogens with zero attached hydrogens (tertiary/aromatic N) is 2. The van der Waals surface area contributed by atoms with Crippen molar-refractivity contribution in [1.82, 2.24) is 15.1 Å². The molecule has 0 saturated carbocycles. The first-order valence-corrected chi connectivity index (χ1v) is 6.54. The van der Waals surface area contributed by atoms with Crippen molar-refractivity contribution in [3.63, 3.8) is 0 Å². The molecule has 108 valence electrons. The van der Waals surface area contributed by atoms with Gasteiger partial charge in [-0.1, -0.05) is 6.07 Å². The molecule has 0 unspecified atom stereocenters. The van der Waals surface area contributed by atoms with Gasteiger partial charge in [0.15, 0.2) is 11.5 Å². The monoisotopic (exact) mass is 285 g/mol. The Morgan fingerprint density at radius 2 is 2.29 bits per heavy atom. The van der Waals surface area contributed by atoms with Gasteiger partial charge < -0.3 is 14.8 Å². The van der Waals surface area contributed by atoms with Crippen LogP contribution in [0.5, 0.6) is 11.5 Å². The number of hydrogen-bond acceptors (Lipinski definition) is 4. The summed E-state index contributed by atoms with van der Waals surface area (Å²) in [7, 11) is 1.83. The fraction of sp³-hybridized carbons (Fsp3) is 0.200. The number of aryl methyl sites for hydroxylation is 1. The Hall–Kier alpha value is -2.76. The van der Waals surface area contributed by atoms with Gasteiger partial charge in [0.05, 0.1) is 6.20 Å². The summed E-state index contributed by atoms with van der Waals surface area (Å²) in [5.74, 6) is 1.30. The molecule has 1 aliphatic rings. The molecular formula is C15H15N3O3. The first-order valence-electron chi connectivity index (χ1n) is 6.54. The van der Waals surface area contributed by atoms with Crippen LogP contribution in [-0.2, 0) is 18.4 Å². The van der Waals surface area contributed by atoms with Crippen molar-refractivity contribution < 1.29 is 14.3 Å². The molecule has 2 heterocycles. The van der Waals surface area contributed by atoms with Gasteiger partial charge in [0.25, 0.3) is 0 Å². The zero-order valence-corrected chi connectivity index (χ0v) is 11.6. The molecule has 1 N–H and O–H groups in total. The fourth-order valence-electron chi connectivity index (χ4n) is 2.00. The van der Waals surface area contributed by atoms with Crippen molar-refractivity contribution in [2.45, 2.75) is 6.54 Å². The molecule has 1 amide bonds. The van der Waals surface area contributed by atoms with Crippen LogP contribution in [0, 0.1) is 0 Å². The Bertz CT molecular complexity index is 691. The predicted octanol–water partition coefficient (Wildman–Crippen LogP) is 1.48. The van der Waals surface area contributed by atoms with E-state index in [2.05, 4.69) is 10.4 Å². The van der Waals surface area contributed by atoms with Gasteiger partial charge in [-0.3, -0.25) is 9.48 Å². The predicted molar refractivity (Wildman–Crippen MR) is 76.7 cm³/mol. The second-order valence-electron chi connectivity index (χ2n) is 4.69. The highest BCUT2D eigenvalue weighted by Gasteiger charge is 2.13. The molecule has 1 aromatic carbocycles. The number of ether oxygens (including phenoxy) is 2. The number of amides is 1. The molecule has 0 saturated heterocycles. The summed E-state index contributed by atoms with van der Waals surface area (Å²) in [6, 6.07) is 5.61. The van der Waals surface area contributed by atoms with E-state index in [1.165, 1.54) is 6.08 Å². The van der Waals surface area contributed by atoms with Crippen LogP contribution in [0.25, 0.3) is 6.08 Å². The van der Waals surface area contributed by atoms with E-state index in [1.807, 2.05) is 31.4 Å². The number of carbonyl (C=O) groups excluding carboxylic acids is 1. The lowest BCUT2D eigenvalue weighted by Crippen LogP contribution is -2.20. The maximum Gasteiger partial charge on any atom is 0.244 e. The third-order valence-electron chi connectivity index (χ3n) is 3.06. The summed E-state index contributed by atoms with van der Waals surface area (Å²) >= 11 is 0. The number of rotatable bonds is 4. The van der Waals surface area contributed by atoms with E-state index in [0.29, 0.717) is 12.3 Å². The minimum Gasteiger partial charge on any atom is -0.454 e. The second kappa shape index (κ2) is 5.70.